The molecule has 0 bridgehead atoms. The number of benzene rings is 2. The van der Waals surface area contributed by atoms with Gasteiger partial charge in [-0.15, -0.1) is 0 Å². The van der Waals surface area contributed by atoms with Gasteiger partial charge in [0.25, 0.3) is 0 Å². The molecule has 0 amide bonds. The highest BCUT2D eigenvalue weighted by atomic mass is 16.5. The summed E-state index contributed by atoms with van der Waals surface area (Å²) < 4.78 is 13.6. The Morgan fingerprint density at radius 3 is 2.56 bits per heavy atom. The molecule has 2 aromatic carbocycles. The van der Waals surface area contributed by atoms with Crippen LogP contribution in [0.25, 0.3) is 21.9 Å². The predicted molar refractivity (Wildman–Crippen MR) is 152 cm³/mol. The first kappa shape index (κ1) is 25.7. The normalized spacial score (nSPS) is 16.9. The summed E-state index contributed by atoms with van der Waals surface area (Å²) in [6.07, 6.45) is 10.4. The van der Waals surface area contributed by atoms with E-state index < -0.39 is 0 Å². The van der Waals surface area contributed by atoms with E-state index in [4.69, 9.17) is 9.47 Å². The summed E-state index contributed by atoms with van der Waals surface area (Å²) in [6.45, 7) is 4.25. The zero-order valence-corrected chi connectivity index (χ0v) is 22.6. The Hall–Kier alpha value is -3.55. The zero-order chi connectivity index (χ0) is 26.6. The van der Waals surface area contributed by atoms with E-state index in [9.17, 15) is 4.79 Å². The Kier molecular flexibility index (Phi) is 7.70. The fourth-order valence-corrected chi connectivity index (χ4v) is 5.67. The van der Waals surface area contributed by atoms with E-state index in [-0.39, 0.29) is 12.2 Å². The van der Waals surface area contributed by atoms with Gasteiger partial charge >= 0.3 is 0 Å². The molecule has 2 aromatic heterocycles. The third kappa shape index (κ3) is 6.05. The van der Waals surface area contributed by atoms with Crippen LogP contribution in [-0.4, -0.2) is 57.9 Å². The first-order valence-electron chi connectivity index (χ1n) is 14.1. The Morgan fingerprint density at radius 1 is 0.974 bits per heavy atom. The average molecular weight is 525 g/mol. The highest BCUT2D eigenvalue weighted by molar-refractivity contribution is 5.98. The van der Waals surface area contributed by atoms with E-state index in [0.29, 0.717) is 11.7 Å². The number of ether oxygens (including phenoxy) is 2. The summed E-state index contributed by atoms with van der Waals surface area (Å²) in [5, 5.41) is 6.69. The molecule has 6 rings (SSSR count). The van der Waals surface area contributed by atoms with Crippen molar-refractivity contribution in [2.24, 2.45) is 7.05 Å². The summed E-state index contributed by atoms with van der Waals surface area (Å²) in [7, 11) is 2.00. The van der Waals surface area contributed by atoms with Gasteiger partial charge in [-0.25, -0.2) is 0 Å². The van der Waals surface area contributed by atoms with Gasteiger partial charge in [0.15, 0.2) is 5.78 Å². The lowest BCUT2D eigenvalue weighted by Crippen LogP contribution is -2.36. The maximum atomic E-state index is 13.1. The van der Waals surface area contributed by atoms with Gasteiger partial charge in [-0.05, 0) is 73.0 Å². The van der Waals surface area contributed by atoms with Crippen molar-refractivity contribution in [1.29, 1.82) is 0 Å². The lowest BCUT2D eigenvalue weighted by atomic mass is 9.98. The van der Waals surface area contributed by atoms with Gasteiger partial charge in [-0.2, -0.15) is 5.10 Å². The van der Waals surface area contributed by atoms with Crippen molar-refractivity contribution >= 4 is 16.6 Å². The Morgan fingerprint density at radius 2 is 1.77 bits per heavy atom. The van der Waals surface area contributed by atoms with E-state index in [1.54, 1.807) is 0 Å². The molecule has 0 radical (unpaired) electrons. The largest absolute Gasteiger partial charge is 0.490 e. The number of hydrogen-bond acceptors (Lipinski definition) is 6. The Bertz CT molecular complexity index is 1430. The van der Waals surface area contributed by atoms with E-state index in [1.165, 1.54) is 25.0 Å². The fourth-order valence-electron chi connectivity index (χ4n) is 5.67. The van der Waals surface area contributed by atoms with Crippen molar-refractivity contribution in [1.82, 2.24) is 19.7 Å². The molecule has 39 heavy (non-hydrogen) atoms. The molecule has 3 heterocycles. The zero-order valence-electron chi connectivity index (χ0n) is 22.6. The minimum Gasteiger partial charge on any atom is -0.490 e. The van der Waals surface area contributed by atoms with Crippen LogP contribution in [0.15, 0.2) is 60.9 Å². The fraction of sp³-hybridized carbons (Fsp3) is 0.406. The van der Waals surface area contributed by atoms with Crippen LogP contribution in [0.5, 0.6) is 5.75 Å². The third-order valence-electron chi connectivity index (χ3n) is 8.00. The molecule has 7 heteroatoms. The third-order valence-corrected chi connectivity index (χ3v) is 8.00. The van der Waals surface area contributed by atoms with Crippen LogP contribution >= 0.6 is 0 Å². The number of morpholine rings is 1. The van der Waals surface area contributed by atoms with E-state index in [2.05, 4.69) is 33.2 Å². The van der Waals surface area contributed by atoms with Gasteiger partial charge in [0.2, 0.25) is 0 Å². The SMILES string of the molecule is Cn1ncc(-c2ccc3cnc(CC(=O)c4ccc(OC5CCCCC5)cc4)cc3c2)c1CN1CCOCC1. The number of aromatic nitrogens is 3. The predicted octanol–water partition coefficient (Wildman–Crippen LogP) is 5.60. The molecule has 7 nitrogen and oxygen atoms in total. The van der Waals surface area contributed by atoms with Crippen LogP contribution in [0, 0.1) is 0 Å². The van der Waals surface area contributed by atoms with Crippen molar-refractivity contribution < 1.29 is 14.3 Å². The monoisotopic (exact) mass is 524 g/mol. The van der Waals surface area contributed by atoms with Crippen molar-refractivity contribution in [3.63, 3.8) is 0 Å². The highest BCUT2D eigenvalue weighted by Crippen LogP contribution is 2.29. The number of rotatable bonds is 8. The van der Waals surface area contributed by atoms with Crippen molar-refractivity contribution in [3.05, 3.63) is 77.9 Å². The molecule has 0 spiro atoms. The van der Waals surface area contributed by atoms with Gasteiger partial charge < -0.3 is 9.47 Å². The van der Waals surface area contributed by atoms with E-state index in [0.717, 1.165) is 79.0 Å². The second-order valence-corrected chi connectivity index (χ2v) is 10.8. The second kappa shape index (κ2) is 11.7. The molecule has 1 aliphatic carbocycles. The number of Topliss-reactive ketones (excluding diaryl/α,β-unsaturated/α-hetero) is 1. The van der Waals surface area contributed by atoms with E-state index >= 15 is 0 Å². The molecule has 1 aliphatic heterocycles. The van der Waals surface area contributed by atoms with Gasteiger partial charge in [0.05, 0.1) is 37.6 Å². The van der Waals surface area contributed by atoms with Gasteiger partial charge in [-0.3, -0.25) is 19.4 Å². The number of carbonyl (C=O) groups excluding carboxylic acids is 1. The van der Waals surface area contributed by atoms with Crippen LogP contribution in [0.1, 0.15) is 53.8 Å². The number of hydrogen-bond donors (Lipinski definition) is 0. The smallest absolute Gasteiger partial charge is 0.168 e. The van der Waals surface area contributed by atoms with Crippen molar-refractivity contribution in [3.8, 4) is 16.9 Å². The number of fused-ring (bicyclic) bond motifs is 1. The number of pyridine rings is 1. The Balaban J connectivity index is 1.17. The van der Waals surface area contributed by atoms with Crippen LogP contribution in [0.3, 0.4) is 0 Å². The summed E-state index contributed by atoms with van der Waals surface area (Å²) in [5.41, 5.74) is 4.90. The molecule has 1 saturated heterocycles. The van der Waals surface area contributed by atoms with E-state index in [1.807, 2.05) is 54.5 Å². The van der Waals surface area contributed by atoms with Crippen LogP contribution in [0.4, 0.5) is 0 Å². The lowest BCUT2D eigenvalue weighted by molar-refractivity contribution is 0.0332. The quantitative estimate of drug-likeness (QED) is 0.279. The number of ketones is 1. The standard InChI is InChI=1S/C32H36N4O3/c1-35-31(22-36-13-15-38-16-14-36)30(21-34-35)24-7-8-25-20-33-27(18-26(25)17-24)19-32(37)23-9-11-29(12-10-23)39-28-5-3-2-4-6-28/h7-12,17-18,20-21,28H,2-6,13-16,19,22H2,1H3. The van der Waals surface area contributed by atoms with Crippen LogP contribution in [-0.2, 0) is 24.8 Å². The summed E-state index contributed by atoms with van der Waals surface area (Å²) in [4.78, 5) is 20.1. The molecule has 2 fully saturated rings. The molecule has 2 aliphatic rings. The number of carbonyl (C=O) groups is 1. The molecule has 1 saturated carbocycles. The number of aryl methyl sites for hydroxylation is 1. The molecule has 202 valence electrons. The van der Waals surface area contributed by atoms with Gasteiger partial charge in [-0.1, -0.05) is 18.6 Å². The summed E-state index contributed by atoms with van der Waals surface area (Å²) in [6, 6.07) is 16.0. The van der Waals surface area contributed by atoms with Gasteiger partial charge in [0.1, 0.15) is 5.75 Å². The average Bonchev–Trinajstić information content (AvgIpc) is 3.33. The van der Waals surface area contributed by atoms with Crippen LogP contribution in [0.2, 0.25) is 0 Å². The Labute approximate surface area is 229 Å². The van der Waals surface area contributed by atoms with Gasteiger partial charge in [0, 0.05) is 55.1 Å². The molecule has 4 aromatic rings. The molecular formula is C32H36N4O3. The lowest BCUT2D eigenvalue weighted by Gasteiger charge is -2.27. The maximum Gasteiger partial charge on any atom is 0.168 e. The molecule has 0 unspecified atom stereocenters. The van der Waals surface area contributed by atoms with Crippen molar-refractivity contribution in [2.75, 3.05) is 26.3 Å². The first-order chi connectivity index (χ1) is 19.1. The molecular weight excluding hydrogens is 488 g/mol. The molecule has 0 N–H and O–H groups in total. The van der Waals surface area contributed by atoms with Crippen molar-refractivity contribution in [2.45, 2.75) is 51.2 Å². The minimum atomic E-state index is 0.0577. The topological polar surface area (TPSA) is 69.5 Å². The number of nitrogens with zero attached hydrogens (tertiary/aromatic N) is 4. The van der Waals surface area contributed by atoms with Crippen LogP contribution < -0.4 is 4.74 Å². The highest BCUT2D eigenvalue weighted by Gasteiger charge is 2.18. The minimum absolute atomic E-state index is 0.0577. The summed E-state index contributed by atoms with van der Waals surface area (Å²) in [5.74, 6) is 0.903. The first-order valence-corrected chi connectivity index (χ1v) is 14.1. The molecule has 0 atom stereocenters. The second-order valence-electron chi connectivity index (χ2n) is 10.8. The summed E-state index contributed by atoms with van der Waals surface area (Å²) >= 11 is 0. The maximum absolute atomic E-state index is 13.1.